The standard InChI is InChI=1S/C26H34ClN5O3/c1-17-24(28-16-29-25(17)32-12-8-20-18(14-32)4-3-5-21(20)27)26(33)31-10-6-19(7-11-31)30-22-9-13-35-15-23(22)34-2/h3-5,16,19,22-23,30H,6-15H2,1-2H3. The van der Waals surface area contributed by atoms with Crippen LogP contribution in [0.3, 0.4) is 0 Å². The van der Waals surface area contributed by atoms with E-state index in [1.165, 1.54) is 17.5 Å². The highest BCUT2D eigenvalue weighted by Crippen LogP contribution is 2.30. The van der Waals surface area contributed by atoms with Crippen molar-refractivity contribution in [2.45, 2.75) is 57.3 Å². The zero-order chi connectivity index (χ0) is 24.4. The lowest BCUT2D eigenvalue weighted by Crippen LogP contribution is -2.54. The summed E-state index contributed by atoms with van der Waals surface area (Å²) in [7, 11) is 1.74. The monoisotopic (exact) mass is 499 g/mol. The molecule has 2 saturated heterocycles. The number of benzene rings is 1. The predicted octanol–water partition coefficient (Wildman–Crippen LogP) is 3.00. The SMILES string of the molecule is COC1COCCC1NC1CCN(C(=O)c2ncnc(N3CCc4c(Cl)cccc4C3)c2C)CC1. The molecule has 2 atom stereocenters. The van der Waals surface area contributed by atoms with Gasteiger partial charge < -0.3 is 24.6 Å². The van der Waals surface area contributed by atoms with Gasteiger partial charge in [-0.05, 0) is 49.8 Å². The highest BCUT2D eigenvalue weighted by molar-refractivity contribution is 6.31. The first-order valence-corrected chi connectivity index (χ1v) is 12.9. The van der Waals surface area contributed by atoms with Gasteiger partial charge in [0.1, 0.15) is 17.8 Å². The molecule has 2 fully saturated rings. The van der Waals surface area contributed by atoms with Crippen molar-refractivity contribution in [3.05, 3.63) is 51.9 Å². The number of piperidine rings is 1. The Bertz CT molecular complexity index is 1060. The Morgan fingerprint density at radius 2 is 2.03 bits per heavy atom. The van der Waals surface area contributed by atoms with Gasteiger partial charge in [0.05, 0.1) is 12.7 Å². The van der Waals surface area contributed by atoms with E-state index in [1.54, 1.807) is 7.11 Å². The maximum atomic E-state index is 13.4. The molecule has 1 amide bonds. The summed E-state index contributed by atoms with van der Waals surface area (Å²) < 4.78 is 11.1. The number of nitrogens with zero attached hydrogens (tertiary/aromatic N) is 4. The first-order chi connectivity index (χ1) is 17.0. The number of aromatic nitrogens is 2. The summed E-state index contributed by atoms with van der Waals surface area (Å²) in [4.78, 5) is 26.6. The lowest BCUT2D eigenvalue weighted by molar-refractivity contribution is -0.0533. The lowest BCUT2D eigenvalue weighted by atomic mass is 9.99. The number of hydrogen-bond acceptors (Lipinski definition) is 7. The number of likely N-dealkylation sites (tertiary alicyclic amines) is 1. The first-order valence-electron chi connectivity index (χ1n) is 12.5. The van der Waals surface area contributed by atoms with Crippen LogP contribution in [0.15, 0.2) is 24.5 Å². The van der Waals surface area contributed by atoms with Crippen molar-refractivity contribution in [2.24, 2.45) is 0 Å². The Hall–Kier alpha value is -2.26. The zero-order valence-electron chi connectivity index (χ0n) is 20.5. The van der Waals surface area contributed by atoms with Crippen LogP contribution in [0, 0.1) is 6.92 Å². The van der Waals surface area contributed by atoms with Gasteiger partial charge in [0, 0.05) is 62.6 Å². The van der Waals surface area contributed by atoms with E-state index >= 15 is 0 Å². The molecule has 3 aliphatic rings. The van der Waals surface area contributed by atoms with Crippen LogP contribution in [0.25, 0.3) is 0 Å². The molecular weight excluding hydrogens is 466 g/mol. The summed E-state index contributed by atoms with van der Waals surface area (Å²) in [6, 6.07) is 6.73. The van der Waals surface area contributed by atoms with Crippen molar-refractivity contribution in [3.63, 3.8) is 0 Å². The third kappa shape index (κ3) is 5.16. The van der Waals surface area contributed by atoms with Crippen molar-refractivity contribution in [2.75, 3.05) is 44.9 Å². The van der Waals surface area contributed by atoms with Gasteiger partial charge in [-0.2, -0.15) is 0 Å². The fourth-order valence-electron chi connectivity index (χ4n) is 5.56. The number of methoxy groups -OCH3 is 1. The van der Waals surface area contributed by atoms with Crippen LogP contribution in [0.5, 0.6) is 0 Å². The molecule has 8 nitrogen and oxygen atoms in total. The molecule has 2 unspecified atom stereocenters. The van der Waals surface area contributed by atoms with E-state index < -0.39 is 0 Å². The summed E-state index contributed by atoms with van der Waals surface area (Å²) in [5, 5.41) is 4.57. The number of halogens is 1. The van der Waals surface area contributed by atoms with Gasteiger partial charge >= 0.3 is 0 Å². The fourth-order valence-corrected chi connectivity index (χ4v) is 5.84. The lowest BCUT2D eigenvalue weighted by Gasteiger charge is -2.38. The van der Waals surface area contributed by atoms with E-state index in [4.69, 9.17) is 21.1 Å². The van der Waals surface area contributed by atoms with E-state index in [-0.39, 0.29) is 12.0 Å². The largest absolute Gasteiger partial charge is 0.379 e. The summed E-state index contributed by atoms with van der Waals surface area (Å²) in [6.07, 6.45) is 5.25. The second-order valence-corrected chi connectivity index (χ2v) is 10.1. The Balaban J connectivity index is 1.23. The van der Waals surface area contributed by atoms with Crippen LogP contribution in [0.1, 0.15) is 46.4 Å². The van der Waals surface area contributed by atoms with E-state index in [0.717, 1.165) is 61.8 Å². The predicted molar refractivity (Wildman–Crippen MR) is 135 cm³/mol. The Labute approximate surface area is 212 Å². The van der Waals surface area contributed by atoms with Crippen molar-refractivity contribution < 1.29 is 14.3 Å². The van der Waals surface area contributed by atoms with Gasteiger partial charge in [0.25, 0.3) is 5.91 Å². The number of hydrogen-bond donors (Lipinski definition) is 1. The van der Waals surface area contributed by atoms with Crippen molar-refractivity contribution in [3.8, 4) is 0 Å². The molecule has 35 heavy (non-hydrogen) atoms. The molecule has 1 N–H and O–H groups in total. The number of carbonyl (C=O) groups is 1. The minimum atomic E-state index is -0.00844. The van der Waals surface area contributed by atoms with E-state index in [2.05, 4.69) is 26.3 Å². The minimum absolute atomic E-state index is 0.00844. The topological polar surface area (TPSA) is 79.8 Å². The average molecular weight is 500 g/mol. The van der Waals surface area contributed by atoms with Gasteiger partial charge in [0.15, 0.2) is 0 Å². The van der Waals surface area contributed by atoms with Gasteiger partial charge in [-0.25, -0.2) is 9.97 Å². The zero-order valence-corrected chi connectivity index (χ0v) is 21.3. The molecule has 0 saturated carbocycles. The van der Waals surface area contributed by atoms with Crippen LogP contribution in [-0.4, -0.2) is 78.9 Å². The van der Waals surface area contributed by atoms with Crippen LogP contribution >= 0.6 is 11.6 Å². The molecule has 1 aromatic carbocycles. The Morgan fingerprint density at radius 3 is 2.83 bits per heavy atom. The van der Waals surface area contributed by atoms with Crippen LogP contribution in [-0.2, 0) is 22.4 Å². The summed E-state index contributed by atoms with van der Waals surface area (Å²) in [5.74, 6) is 0.821. The Morgan fingerprint density at radius 1 is 1.20 bits per heavy atom. The highest BCUT2D eigenvalue weighted by atomic mass is 35.5. The molecular formula is C26H34ClN5O3. The number of fused-ring (bicyclic) bond motifs is 1. The van der Waals surface area contributed by atoms with E-state index in [1.807, 2.05) is 24.0 Å². The molecule has 0 bridgehead atoms. The Kier molecular flexibility index (Phi) is 7.53. The second-order valence-electron chi connectivity index (χ2n) is 9.70. The number of carbonyl (C=O) groups excluding carboxylic acids is 1. The van der Waals surface area contributed by atoms with Gasteiger partial charge in [-0.15, -0.1) is 0 Å². The average Bonchev–Trinajstić information content (AvgIpc) is 2.89. The fraction of sp³-hybridized carbons (Fsp3) is 0.577. The number of ether oxygens (including phenoxy) is 2. The molecule has 9 heteroatoms. The van der Waals surface area contributed by atoms with Gasteiger partial charge in [-0.3, -0.25) is 4.79 Å². The molecule has 3 aliphatic heterocycles. The van der Waals surface area contributed by atoms with Crippen LogP contribution in [0.2, 0.25) is 5.02 Å². The number of nitrogens with one attached hydrogen (secondary N) is 1. The summed E-state index contributed by atoms with van der Waals surface area (Å²) >= 11 is 6.39. The molecule has 0 aliphatic carbocycles. The third-order valence-electron chi connectivity index (χ3n) is 7.61. The third-order valence-corrected chi connectivity index (χ3v) is 7.96. The van der Waals surface area contributed by atoms with Crippen LogP contribution < -0.4 is 10.2 Å². The molecule has 4 heterocycles. The van der Waals surface area contributed by atoms with Crippen molar-refractivity contribution in [1.29, 1.82) is 0 Å². The van der Waals surface area contributed by atoms with E-state index in [9.17, 15) is 4.79 Å². The van der Waals surface area contributed by atoms with Crippen molar-refractivity contribution in [1.82, 2.24) is 20.2 Å². The number of rotatable bonds is 5. The van der Waals surface area contributed by atoms with Gasteiger partial charge in [-0.1, -0.05) is 23.7 Å². The molecule has 5 rings (SSSR count). The smallest absolute Gasteiger partial charge is 0.272 e. The molecule has 0 radical (unpaired) electrons. The van der Waals surface area contributed by atoms with Crippen molar-refractivity contribution >= 4 is 23.3 Å². The maximum Gasteiger partial charge on any atom is 0.272 e. The first kappa shape index (κ1) is 24.4. The van der Waals surface area contributed by atoms with Gasteiger partial charge in [0.2, 0.25) is 0 Å². The number of anilines is 1. The molecule has 188 valence electrons. The maximum absolute atomic E-state index is 13.4. The minimum Gasteiger partial charge on any atom is -0.379 e. The molecule has 1 aromatic heterocycles. The van der Waals surface area contributed by atoms with Crippen LogP contribution in [0.4, 0.5) is 5.82 Å². The quantitative estimate of drug-likeness (QED) is 0.677. The second kappa shape index (κ2) is 10.8. The summed E-state index contributed by atoms with van der Waals surface area (Å²) in [5.41, 5.74) is 3.77. The van der Waals surface area contributed by atoms with E-state index in [0.29, 0.717) is 37.5 Å². The molecule has 2 aromatic rings. The molecule has 0 spiro atoms. The normalized spacial score (nSPS) is 23.3. The number of amides is 1. The summed E-state index contributed by atoms with van der Waals surface area (Å²) in [6.45, 7) is 6.33. The highest BCUT2D eigenvalue weighted by Gasteiger charge is 2.31.